The number of carbonyl (C=O) groups excluding carboxylic acids is 1. The van der Waals surface area contributed by atoms with Crippen LogP contribution < -0.4 is 11.1 Å². The molecule has 116 valence electrons. The molecule has 0 heterocycles. The molecule has 2 rings (SSSR count). The van der Waals surface area contributed by atoms with Crippen LogP contribution in [0.4, 0.5) is 0 Å². The molecule has 1 fully saturated rings. The lowest BCUT2D eigenvalue weighted by molar-refractivity contribution is 0.0267. The molecule has 0 atom stereocenters. The van der Waals surface area contributed by atoms with Crippen molar-refractivity contribution < 1.29 is 9.53 Å². The summed E-state index contributed by atoms with van der Waals surface area (Å²) in [4.78, 5) is 12.1. The van der Waals surface area contributed by atoms with Crippen molar-refractivity contribution in [3.05, 3.63) is 34.3 Å². The fourth-order valence-electron chi connectivity index (χ4n) is 2.59. The Hall–Kier alpha value is -1.10. The second-order valence-electron chi connectivity index (χ2n) is 5.58. The highest BCUT2D eigenvalue weighted by atomic mass is 35.5. The molecule has 1 saturated carbocycles. The van der Waals surface area contributed by atoms with E-state index >= 15 is 0 Å². The second kappa shape index (κ2) is 7.78. The van der Waals surface area contributed by atoms with Crippen molar-refractivity contribution in [2.75, 3.05) is 13.2 Å². The zero-order chi connectivity index (χ0) is 15.2. The average Bonchev–Trinajstić information content (AvgIpc) is 2.48. The molecule has 0 bridgehead atoms. The highest BCUT2D eigenvalue weighted by Gasteiger charge is 2.18. The standard InChI is InChI=1S/C16H23ClN2O2/c1-11-14(3-2-4-15(11)17)16(20)19-9-10-21-13-7-5-12(18)6-8-13/h2-4,12-13H,5-10,18H2,1H3,(H,19,20). The minimum absolute atomic E-state index is 0.107. The number of rotatable bonds is 5. The van der Waals surface area contributed by atoms with Gasteiger partial charge in [-0.1, -0.05) is 17.7 Å². The first-order valence-corrected chi connectivity index (χ1v) is 7.86. The van der Waals surface area contributed by atoms with Gasteiger partial charge in [0, 0.05) is 23.2 Å². The Morgan fingerprint density at radius 2 is 2.10 bits per heavy atom. The lowest BCUT2D eigenvalue weighted by Gasteiger charge is -2.26. The molecule has 4 nitrogen and oxygen atoms in total. The molecule has 0 aliphatic heterocycles. The van der Waals surface area contributed by atoms with Crippen molar-refractivity contribution in [2.45, 2.75) is 44.8 Å². The van der Waals surface area contributed by atoms with Crippen LogP contribution in [0.5, 0.6) is 0 Å². The maximum absolute atomic E-state index is 12.1. The van der Waals surface area contributed by atoms with Gasteiger partial charge in [-0.05, 0) is 50.3 Å². The van der Waals surface area contributed by atoms with E-state index in [1.54, 1.807) is 18.2 Å². The van der Waals surface area contributed by atoms with Gasteiger partial charge in [0.15, 0.2) is 0 Å². The van der Waals surface area contributed by atoms with Crippen LogP contribution in [0.3, 0.4) is 0 Å². The normalized spacial score (nSPS) is 22.0. The molecule has 0 spiro atoms. The Morgan fingerprint density at radius 3 is 2.81 bits per heavy atom. The number of hydrogen-bond acceptors (Lipinski definition) is 3. The molecule has 21 heavy (non-hydrogen) atoms. The number of carbonyl (C=O) groups is 1. The molecule has 0 radical (unpaired) electrons. The molecule has 0 aromatic heterocycles. The Labute approximate surface area is 131 Å². The van der Waals surface area contributed by atoms with Gasteiger partial charge in [0.1, 0.15) is 0 Å². The van der Waals surface area contributed by atoms with Gasteiger partial charge in [0.25, 0.3) is 5.91 Å². The van der Waals surface area contributed by atoms with Crippen molar-refractivity contribution in [1.82, 2.24) is 5.32 Å². The first-order chi connectivity index (χ1) is 10.1. The highest BCUT2D eigenvalue weighted by molar-refractivity contribution is 6.31. The van der Waals surface area contributed by atoms with Crippen LogP contribution in [0.25, 0.3) is 0 Å². The molecule has 1 amide bonds. The maximum atomic E-state index is 12.1. The van der Waals surface area contributed by atoms with E-state index in [9.17, 15) is 4.79 Å². The summed E-state index contributed by atoms with van der Waals surface area (Å²) >= 11 is 6.02. The summed E-state index contributed by atoms with van der Waals surface area (Å²) in [6.07, 6.45) is 4.37. The van der Waals surface area contributed by atoms with Gasteiger partial charge in [0.05, 0.1) is 12.7 Å². The maximum Gasteiger partial charge on any atom is 0.251 e. The monoisotopic (exact) mass is 310 g/mol. The lowest BCUT2D eigenvalue weighted by atomic mass is 9.94. The zero-order valence-corrected chi connectivity index (χ0v) is 13.2. The van der Waals surface area contributed by atoms with Crippen LogP contribution in [-0.4, -0.2) is 31.2 Å². The molecule has 1 aliphatic rings. The number of benzene rings is 1. The molecule has 5 heteroatoms. The summed E-state index contributed by atoms with van der Waals surface area (Å²) in [6, 6.07) is 5.67. The summed E-state index contributed by atoms with van der Waals surface area (Å²) in [5.74, 6) is -0.107. The largest absolute Gasteiger partial charge is 0.376 e. The van der Waals surface area contributed by atoms with Crippen LogP contribution in [0.1, 0.15) is 41.6 Å². The SMILES string of the molecule is Cc1c(Cl)cccc1C(=O)NCCOC1CCC(N)CC1. The smallest absolute Gasteiger partial charge is 0.251 e. The summed E-state index contributed by atoms with van der Waals surface area (Å²) in [6.45, 7) is 2.89. The third kappa shape index (κ3) is 4.70. The molecular weight excluding hydrogens is 288 g/mol. The first-order valence-electron chi connectivity index (χ1n) is 7.48. The van der Waals surface area contributed by atoms with Crippen LogP contribution >= 0.6 is 11.6 Å². The topological polar surface area (TPSA) is 64.3 Å². The van der Waals surface area contributed by atoms with E-state index in [-0.39, 0.29) is 12.0 Å². The van der Waals surface area contributed by atoms with E-state index in [2.05, 4.69) is 5.32 Å². The fraction of sp³-hybridized carbons (Fsp3) is 0.562. The van der Waals surface area contributed by atoms with E-state index in [0.717, 1.165) is 31.2 Å². The predicted molar refractivity (Wildman–Crippen MR) is 84.7 cm³/mol. The van der Waals surface area contributed by atoms with Crippen molar-refractivity contribution in [3.8, 4) is 0 Å². The Balaban J connectivity index is 1.71. The third-order valence-electron chi connectivity index (χ3n) is 3.97. The molecule has 3 N–H and O–H groups in total. The average molecular weight is 311 g/mol. The number of nitrogens with one attached hydrogen (secondary N) is 1. The minimum Gasteiger partial charge on any atom is -0.376 e. The van der Waals surface area contributed by atoms with Crippen LogP contribution in [0.2, 0.25) is 5.02 Å². The van der Waals surface area contributed by atoms with E-state index in [1.807, 2.05) is 6.92 Å². The number of amides is 1. The zero-order valence-electron chi connectivity index (χ0n) is 12.4. The van der Waals surface area contributed by atoms with E-state index in [1.165, 1.54) is 0 Å². The van der Waals surface area contributed by atoms with Crippen molar-refractivity contribution >= 4 is 17.5 Å². The van der Waals surface area contributed by atoms with Crippen molar-refractivity contribution in [2.24, 2.45) is 5.73 Å². The quantitative estimate of drug-likeness (QED) is 0.822. The summed E-state index contributed by atoms with van der Waals surface area (Å²) in [7, 11) is 0. The van der Waals surface area contributed by atoms with Gasteiger partial charge >= 0.3 is 0 Å². The van der Waals surface area contributed by atoms with E-state index in [4.69, 9.17) is 22.1 Å². The van der Waals surface area contributed by atoms with E-state index < -0.39 is 0 Å². The predicted octanol–water partition coefficient (Wildman–Crippen LogP) is 2.66. The van der Waals surface area contributed by atoms with Crippen LogP contribution in [-0.2, 0) is 4.74 Å². The van der Waals surface area contributed by atoms with Crippen molar-refractivity contribution in [3.63, 3.8) is 0 Å². The highest BCUT2D eigenvalue weighted by Crippen LogP contribution is 2.20. The molecule has 1 aromatic carbocycles. The van der Waals surface area contributed by atoms with Gasteiger partial charge in [-0.2, -0.15) is 0 Å². The fourth-order valence-corrected chi connectivity index (χ4v) is 2.77. The number of ether oxygens (including phenoxy) is 1. The third-order valence-corrected chi connectivity index (χ3v) is 4.38. The van der Waals surface area contributed by atoms with E-state index in [0.29, 0.717) is 29.8 Å². The van der Waals surface area contributed by atoms with Crippen molar-refractivity contribution in [1.29, 1.82) is 0 Å². The summed E-state index contributed by atoms with van der Waals surface area (Å²) < 4.78 is 5.78. The molecular formula is C16H23ClN2O2. The first kappa shape index (κ1) is 16.3. The molecule has 1 aromatic rings. The van der Waals surface area contributed by atoms with Gasteiger partial charge in [0.2, 0.25) is 0 Å². The van der Waals surface area contributed by atoms with Crippen LogP contribution in [0.15, 0.2) is 18.2 Å². The lowest BCUT2D eigenvalue weighted by Crippen LogP contribution is -2.33. The minimum atomic E-state index is -0.107. The molecule has 0 unspecified atom stereocenters. The second-order valence-corrected chi connectivity index (χ2v) is 5.98. The molecule has 0 saturated heterocycles. The Bertz CT molecular complexity index is 485. The van der Waals surface area contributed by atoms with Crippen LogP contribution in [0, 0.1) is 6.92 Å². The van der Waals surface area contributed by atoms with Gasteiger partial charge < -0.3 is 15.8 Å². The Kier molecular flexibility index (Phi) is 6.03. The summed E-state index contributed by atoms with van der Waals surface area (Å²) in [5.41, 5.74) is 7.28. The summed E-state index contributed by atoms with van der Waals surface area (Å²) in [5, 5.41) is 3.48. The molecule has 1 aliphatic carbocycles. The Morgan fingerprint density at radius 1 is 1.38 bits per heavy atom. The van der Waals surface area contributed by atoms with Gasteiger partial charge in [-0.3, -0.25) is 4.79 Å². The van der Waals surface area contributed by atoms with Gasteiger partial charge in [-0.25, -0.2) is 0 Å². The number of halogens is 1. The number of nitrogens with two attached hydrogens (primary N) is 1. The van der Waals surface area contributed by atoms with Gasteiger partial charge in [-0.15, -0.1) is 0 Å². The number of hydrogen-bond donors (Lipinski definition) is 2.